The van der Waals surface area contributed by atoms with Crippen LogP contribution in [-0.2, 0) is 4.74 Å². The highest BCUT2D eigenvalue weighted by Gasteiger charge is 2.22. The summed E-state index contributed by atoms with van der Waals surface area (Å²) in [6.45, 7) is 5.20. The molecule has 1 saturated heterocycles. The summed E-state index contributed by atoms with van der Waals surface area (Å²) in [4.78, 5) is 0. The van der Waals surface area contributed by atoms with Crippen molar-refractivity contribution < 1.29 is 4.74 Å². The van der Waals surface area contributed by atoms with Gasteiger partial charge in [0, 0.05) is 12.0 Å². The van der Waals surface area contributed by atoms with Crippen molar-refractivity contribution in [1.82, 2.24) is 0 Å². The minimum absolute atomic E-state index is 0.192. The van der Waals surface area contributed by atoms with Gasteiger partial charge in [0.1, 0.15) is 0 Å². The zero-order valence-corrected chi connectivity index (χ0v) is 10.7. The predicted molar refractivity (Wildman–Crippen MR) is 68.1 cm³/mol. The van der Waals surface area contributed by atoms with E-state index in [0.29, 0.717) is 5.92 Å². The maximum atomic E-state index is 6.16. The second-order valence-electron chi connectivity index (χ2n) is 4.80. The Labute approximate surface area is 103 Å². The molecule has 1 heterocycles. The van der Waals surface area contributed by atoms with Gasteiger partial charge in [0.15, 0.2) is 0 Å². The van der Waals surface area contributed by atoms with E-state index in [1.54, 1.807) is 0 Å². The lowest BCUT2D eigenvalue weighted by atomic mass is 9.97. The fourth-order valence-corrected chi connectivity index (χ4v) is 2.34. The molecular formula is C14H19ClO. The zero-order chi connectivity index (χ0) is 11.5. The van der Waals surface area contributed by atoms with Gasteiger partial charge in [-0.1, -0.05) is 38.1 Å². The first-order chi connectivity index (χ1) is 7.66. The predicted octanol–water partition coefficient (Wildman–Crippen LogP) is 4.27. The lowest BCUT2D eigenvalue weighted by Gasteiger charge is -2.26. The van der Waals surface area contributed by atoms with E-state index in [4.69, 9.17) is 16.3 Å². The normalized spacial score (nSPS) is 26.0. The smallest absolute Gasteiger partial charge is 0.0839 e. The topological polar surface area (TPSA) is 9.23 Å². The molecule has 2 atom stereocenters. The van der Waals surface area contributed by atoms with Crippen molar-refractivity contribution in [3.8, 4) is 0 Å². The van der Waals surface area contributed by atoms with Gasteiger partial charge in [0.05, 0.1) is 6.10 Å². The van der Waals surface area contributed by atoms with Crippen LogP contribution in [0.25, 0.3) is 0 Å². The number of hydrogen-bond donors (Lipinski definition) is 0. The highest BCUT2D eigenvalue weighted by Crippen LogP contribution is 2.31. The van der Waals surface area contributed by atoms with Crippen LogP contribution in [-0.4, -0.2) is 12.0 Å². The van der Waals surface area contributed by atoms with E-state index in [1.807, 2.05) is 0 Å². The minimum atomic E-state index is 0.192. The van der Waals surface area contributed by atoms with Crippen LogP contribution < -0.4 is 0 Å². The average Bonchev–Trinajstić information content (AvgIpc) is 2.29. The summed E-state index contributed by atoms with van der Waals surface area (Å²) in [6.07, 6.45) is 2.10. The van der Waals surface area contributed by atoms with E-state index in [1.165, 1.54) is 11.1 Å². The molecule has 1 aromatic carbocycles. The third kappa shape index (κ3) is 2.78. The second-order valence-corrected chi connectivity index (χ2v) is 5.42. The molecule has 1 aromatic rings. The fourth-order valence-electron chi connectivity index (χ4n) is 2.08. The Morgan fingerprint density at radius 1 is 1.25 bits per heavy atom. The van der Waals surface area contributed by atoms with Crippen LogP contribution in [0.3, 0.4) is 0 Å². The van der Waals surface area contributed by atoms with Gasteiger partial charge in [-0.05, 0) is 29.9 Å². The molecule has 0 bridgehead atoms. The Morgan fingerprint density at radius 2 is 1.94 bits per heavy atom. The molecule has 0 amide bonds. The third-order valence-corrected chi connectivity index (χ3v) is 3.59. The Kier molecular flexibility index (Phi) is 3.88. The maximum absolute atomic E-state index is 6.16. The molecule has 1 aliphatic heterocycles. The van der Waals surface area contributed by atoms with Gasteiger partial charge < -0.3 is 4.74 Å². The van der Waals surface area contributed by atoms with Crippen molar-refractivity contribution in [3.05, 3.63) is 35.4 Å². The van der Waals surface area contributed by atoms with Crippen LogP contribution >= 0.6 is 11.6 Å². The molecule has 0 aromatic heterocycles. The Morgan fingerprint density at radius 3 is 2.50 bits per heavy atom. The number of benzene rings is 1. The quantitative estimate of drug-likeness (QED) is 0.700. The molecule has 88 valence electrons. The first-order valence-electron chi connectivity index (χ1n) is 6.02. The van der Waals surface area contributed by atoms with E-state index >= 15 is 0 Å². The van der Waals surface area contributed by atoms with Crippen LogP contribution in [0.5, 0.6) is 0 Å². The van der Waals surface area contributed by atoms with Crippen molar-refractivity contribution in [2.45, 2.75) is 44.1 Å². The second kappa shape index (κ2) is 5.20. The summed E-state index contributed by atoms with van der Waals surface area (Å²) >= 11 is 6.16. The molecule has 1 fully saturated rings. The maximum Gasteiger partial charge on any atom is 0.0839 e. The number of alkyl halides is 1. The molecule has 0 radical (unpaired) electrons. The molecule has 0 spiro atoms. The Hall–Kier alpha value is -0.530. The van der Waals surface area contributed by atoms with Crippen molar-refractivity contribution in [1.29, 1.82) is 0 Å². The molecule has 0 saturated carbocycles. The number of rotatable bonds is 2. The average molecular weight is 239 g/mol. The van der Waals surface area contributed by atoms with E-state index < -0.39 is 0 Å². The number of ether oxygens (including phenoxy) is 1. The van der Waals surface area contributed by atoms with Gasteiger partial charge in [0.2, 0.25) is 0 Å². The van der Waals surface area contributed by atoms with Gasteiger partial charge in [-0.2, -0.15) is 0 Å². The molecule has 1 nitrogen and oxygen atoms in total. The summed E-state index contributed by atoms with van der Waals surface area (Å²) in [6, 6.07) is 8.74. The van der Waals surface area contributed by atoms with E-state index in [9.17, 15) is 0 Å². The Balaban J connectivity index is 2.09. The SMILES string of the molecule is CC(C)c1ccc(C2CC(Cl)CCO2)cc1. The first kappa shape index (κ1) is 11.9. The summed E-state index contributed by atoms with van der Waals surface area (Å²) in [5.74, 6) is 0.585. The molecule has 16 heavy (non-hydrogen) atoms. The van der Waals surface area contributed by atoms with Crippen molar-refractivity contribution >= 4 is 11.6 Å². The van der Waals surface area contributed by atoms with Crippen LogP contribution in [0.4, 0.5) is 0 Å². The first-order valence-corrected chi connectivity index (χ1v) is 6.46. The zero-order valence-electron chi connectivity index (χ0n) is 9.95. The summed E-state index contributed by atoms with van der Waals surface area (Å²) < 4.78 is 5.75. The monoisotopic (exact) mass is 238 g/mol. The molecule has 0 N–H and O–H groups in total. The van der Waals surface area contributed by atoms with Crippen LogP contribution in [0, 0.1) is 0 Å². The highest BCUT2D eigenvalue weighted by atomic mass is 35.5. The van der Waals surface area contributed by atoms with Gasteiger partial charge in [-0.15, -0.1) is 11.6 Å². The third-order valence-electron chi connectivity index (χ3n) is 3.19. The van der Waals surface area contributed by atoms with Crippen LogP contribution in [0.2, 0.25) is 0 Å². The minimum Gasteiger partial charge on any atom is -0.373 e. The summed E-state index contributed by atoms with van der Waals surface area (Å²) in [5.41, 5.74) is 2.64. The van der Waals surface area contributed by atoms with Gasteiger partial charge in [-0.25, -0.2) is 0 Å². The number of hydrogen-bond acceptors (Lipinski definition) is 1. The molecule has 2 rings (SSSR count). The van der Waals surface area contributed by atoms with E-state index in [2.05, 4.69) is 38.1 Å². The van der Waals surface area contributed by atoms with Crippen molar-refractivity contribution in [3.63, 3.8) is 0 Å². The van der Waals surface area contributed by atoms with Gasteiger partial charge in [-0.3, -0.25) is 0 Å². The fraction of sp³-hybridized carbons (Fsp3) is 0.571. The molecule has 2 unspecified atom stereocenters. The standard InChI is InChI=1S/C14H19ClO/c1-10(2)11-3-5-12(6-4-11)14-9-13(15)7-8-16-14/h3-6,10,13-14H,7-9H2,1-2H3. The van der Waals surface area contributed by atoms with E-state index in [-0.39, 0.29) is 11.5 Å². The molecule has 2 heteroatoms. The molecule has 0 aliphatic carbocycles. The highest BCUT2D eigenvalue weighted by molar-refractivity contribution is 6.20. The molecule has 1 aliphatic rings. The lowest BCUT2D eigenvalue weighted by Crippen LogP contribution is -2.19. The van der Waals surface area contributed by atoms with Crippen molar-refractivity contribution in [2.24, 2.45) is 0 Å². The van der Waals surface area contributed by atoms with E-state index in [0.717, 1.165) is 19.4 Å². The van der Waals surface area contributed by atoms with Crippen LogP contribution in [0.1, 0.15) is 49.8 Å². The number of halogens is 1. The van der Waals surface area contributed by atoms with Crippen LogP contribution in [0.15, 0.2) is 24.3 Å². The largest absolute Gasteiger partial charge is 0.373 e. The van der Waals surface area contributed by atoms with Gasteiger partial charge in [0.25, 0.3) is 0 Å². The summed E-state index contributed by atoms with van der Waals surface area (Å²) in [7, 11) is 0. The van der Waals surface area contributed by atoms with Crippen molar-refractivity contribution in [2.75, 3.05) is 6.61 Å². The summed E-state index contributed by atoms with van der Waals surface area (Å²) in [5, 5.41) is 0.267. The Bertz CT molecular complexity index is 331. The van der Waals surface area contributed by atoms with Gasteiger partial charge >= 0.3 is 0 Å². The molecular weight excluding hydrogens is 220 g/mol. The lowest BCUT2D eigenvalue weighted by molar-refractivity contribution is 0.0169.